The summed E-state index contributed by atoms with van der Waals surface area (Å²) in [5, 5.41) is 9.57. The minimum absolute atomic E-state index is 0.0494. The van der Waals surface area contributed by atoms with Crippen LogP contribution in [0.25, 0.3) is 11.1 Å². The summed E-state index contributed by atoms with van der Waals surface area (Å²) in [7, 11) is 0. The molecule has 2 aliphatic rings. The smallest absolute Gasteiger partial charge is 0.335 e. The van der Waals surface area contributed by atoms with Crippen molar-refractivity contribution in [2.24, 2.45) is 5.92 Å². The van der Waals surface area contributed by atoms with Gasteiger partial charge in [0.25, 0.3) is 0 Å². The van der Waals surface area contributed by atoms with Gasteiger partial charge in [-0.15, -0.1) is 0 Å². The van der Waals surface area contributed by atoms with E-state index < -0.39 is 18.0 Å². The SMILES string of the molecule is O=C(O)c1ccc2c(c1)CCCC(c1cccc(F)c1Cl)=C2c1ccc(C(F)C2CN(CCCF)C2)cc1. The molecule has 1 aliphatic carbocycles. The number of aromatic carboxylic acids is 1. The van der Waals surface area contributed by atoms with E-state index >= 15 is 4.39 Å². The van der Waals surface area contributed by atoms with Crippen LogP contribution in [0.2, 0.25) is 5.02 Å². The number of aryl methyl sites for hydroxylation is 1. The van der Waals surface area contributed by atoms with Crippen LogP contribution in [-0.4, -0.2) is 42.3 Å². The minimum Gasteiger partial charge on any atom is -0.478 e. The molecule has 3 aromatic rings. The van der Waals surface area contributed by atoms with Crippen LogP contribution in [0, 0.1) is 11.7 Å². The number of carboxylic acids is 1. The van der Waals surface area contributed by atoms with Crippen molar-refractivity contribution in [3.63, 3.8) is 0 Å². The Bertz CT molecular complexity index is 1370. The zero-order chi connectivity index (χ0) is 26.8. The molecular weight excluding hydrogens is 511 g/mol. The molecule has 1 saturated heterocycles. The maximum Gasteiger partial charge on any atom is 0.335 e. The fourth-order valence-electron chi connectivity index (χ4n) is 5.62. The maximum absolute atomic E-state index is 15.3. The number of fused-ring (bicyclic) bond motifs is 1. The Morgan fingerprint density at radius 3 is 2.53 bits per heavy atom. The Morgan fingerprint density at radius 1 is 1.05 bits per heavy atom. The lowest BCUT2D eigenvalue weighted by Gasteiger charge is -2.41. The molecule has 1 atom stereocenters. The van der Waals surface area contributed by atoms with E-state index in [0.29, 0.717) is 50.0 Å². The average molecular weight is 540 g/mol. The molecule has 0 aromatic heterocycles. The third kappa shape index (κ3) is 5.25. The summed E-state index contributed by atoms with van der Waals surface area (Å²) in [6.45, 7) is 1.54. The lowest BCUT2D eigenvalue weighted by molar-refractivity contribution is 0.0364. The first-order valence-corrected chi connectivity index (χ1v) is 13.3. The van der Waals surface area contributed by atoms with Crippen LogP contribution in [-0.2, 0) is 6.42 Å². The molecular formula is C31H29ClF3NO2. The molecule has 0 bridgehead atoms. The van der Waals surface area contributed by atoms with Gasteiger partial charge >= 0.3 is 5.97 Å². The highest BCUT2D eigenvalue weighted by molar-refractivity contribution is 6.33. The Balaban J connectivity index is 1.54. The predicted octanol–water partition coefficient (Wildman–Crippen LogP) is 7.77. The summed E-state index contributed by atoms with van der Waals surface area (Å²) in [6, 6.07) is 17.2. The number of hydrogen-bond donors (Lipinski definition) is 1. The maximum atomic E-state index is 15.3. The molecule has 7 heteroatoms. The molecule has 38 heavy (non-hydrogen) atoms. The van der Waals surface area contributed by atoms with E-state index in [4.69, 9.17) is 11.6 Å². The number of benzene rings is 3. The molecule has 3 nitrogen and oxygen atoms in total. The van der Waals surface area contributed by atoms with Crippen LogP contribution >= 0.6 is 11.6 Å². The van der Waals surface area contributed by atoms with E-state index in [1.54, 1.807) is 42.5 Å². The summed E-state index contributed by atoms with van der Waals surface area (Å²) in [4.78, 5) is 13.7. The second-order valence-electron chi connectivity index (χ2n) is 10.1. The van der Waals surface area contributed by atoms with Gasteiger partial charge in [-0.05, 0) is 82.8 Å². The van der Waals surface area contributed by atoms with Gasteiger partial charge in [0.15, 0.2) is 0 Å². The van der Waals surface area contributed by atoms with Crippen molar-refractivity contribution in [3.05, 3.63) is 105 Å². The largest absolute Gasteiger partial charge is 0.478 e. The lowest BCUT2D eigenvalue weighted by atomic mass is 9.85. The van der Waals surface area contributed by atoms with Crippen molar-refractivity contribution in [3.8, 4) is 0 Å². The van der Waals surface area contributed by atoms with Crippen molar-refractivity contribution >= 4 is 28.7 Å². The van der Waals surface area contributed by atoms with Crippen LogP contribution in [0.15, 0.2) is 60.7 Å². The van der Waals surface area contributed by atoms with E-state index in [2.05, 4.69) is 4.90 Å². The highest BCUT2D eigenvalue weighted by Crippen LogP contribution is 2.43. The van der Waals surface area contributed by atoms with Crippen LogP contribution < -0.4 is 0 Å². The monoisotopic (exact) mass is 539 g/mol. The van der Waals surface area contributed by atoms with E-state index in [-0.39, 0.29) is 23.2 Å². The number of carbonyl (C=O) groups is 1. The molecule has 3 aromatic carbocycles. The van der Waals surface area contributed by atoms with Crippen LogP contribution in [0.3, 0.4) is 0 Å². The van der Waals surface area contributed by atoms with Crippen molar-refractivity contribution in [2.45, 2.75) is 31.9 Å². The molecule has 1 heterocycles. The number of rotatable bonds is 8. The van der Waals surface area contributed by atoms with Gasteiger partial charge < -0.3 is 10.0 Å². The normalized spacial score (nSPS) is 17.1. The summed E-state index contributed by atoms with van der Waals surface area (Å²) < 4.78 is 42.2. The van der Waals surface area contributed by atoms with Gasteiger partial charge in [0, 0.05) is 25.6 Å². The third-order valence-electron chi connectivity index (χ3n) is 7.60. The molecule has 1 aliphatic heterocycles. The average Bonchev–Trinajstić information content (AvgIpc) is 3.08. The summed E-state index contributed by atoms with van der Waals surface area (Å²) in [5.74, 6) is -1.61. The highest BCUT2D eigenvalue weighted by Gasteiger charge is 2.34. The fraction of sp³-hybridized carbons (Fsp3) is 0.323. The minimum atomic E-state index is -1.11. The van der Waals surface area contributed by atoms with Crippen molar-refractivity contribution in [2.75, 3.05) is 26.3 Å². The van der Waals surface area contributed by atoms with Crippen LogP contribution in [0.5, 0.6) is 0 Å². The van der Waals surface area contributed by atoms with E-state index in [9.17, 15) is 18.7 Å². The summed E-state index contributed by atoms with van der Waals surface area (Å²) >= 11 is 6.43. The molecule has 0 amide bonds. The van der Waals surface area contributed by atoms with Gasteiger partial charge in [-0.25, -0.2) is 13.6 Å². The van der Waals surface area contributed by atoms with E-state index in [1.807, 2.05) is 12.1 Å². The van der Waals surface area contributed by atoms with Crippen molar-refractivity contribution in [1.82, 2.24) is 4.90 Å². The van der Waals surface area contributed by atoms with Gasteiger partial charge in [0.2, 0.25) is 0 Å². The Labute approximate surface area is 225 Å². The van der Waals surface area contributed by atoms with Gasteiger partial charge in [-0.3, -0.25) is 4.39 Å². The molecule has 0 spiro atoms. The van der Waals surface area contributed by atoms with Gasteiger partial charge in [-0.1, -0.05) is 54.1 Å². The summed E-state index contributed by atoms with van der Waals surface area (Å²) in [6.07, 6.45) is 1.39. The number of halogens is 4. The van der Waals surface area contributed by atoms with Gasteiger partial charge in [-0.2, -0.15) is 0 Å². The zero-order valence-electron chi connectivity index (χ0n) is 20.9. The van der Waals surface area contributed by atoms with E-state index in [1.165, 1.54) is 6.07 Å². The standard InChI is InChI=1S/C31H29ClF3NO2/c32-29-26(6-2-7-27(29)34)25-5-1-4-21-16-22(31(37)38)12-13-24(21)28(25)19-8-10-20(11-9-19)30(35)23-17-36(18-23)15-3-14-33/h2,6-13,16,23,30H,1,3-5,14-15,17-18H2,(H,37,38). The fourth-order valence-corrected chi connectivity index (χ4v) is 5.86. The molecule has 5 rings (SSSR count). The lowest BCUT2D eigenvalue weighted by Crippen LogP contribution is -2.48. The Morgan fingerprint density at radius 2 is 1.82 bits per heavy atom. The first-order chi connectivity index (χ1) is 18.4. The Hall–Kier alpha value is -3.09. The highest BCUT2D eigenvalue weighted by atomic mass is 35.5. The van der Waals surface area contributed by atoms with Crippen LogP contribution in [0.4, 0.5) is 13.2 Å². The summed E-state index contributed by atoms with van der Waals surface area (Å²) in [5.41, 5.74) is 5.74. The zero-order valence-corrected chi connectivity index (χ0v) is 21.7. The van der Waals surface area contributed by atoms with Crippen LogP contribution in [0.1, 0.15) is 63.6 Å². The quantitative estimate of drug-likeness (QED) is 0.318. The number of carboxylic acid groups (broad SMARTS) is 1. The first kappa shape index (κ1) is 26.5. The van der Waals surface area contributed by atoms with Gasteiger partial charge in [0.1, 0.15) is 12.0 Å². The van der Waals surface area contributed by atoms with E-state index in [0.717, 1.165) is 34.3 Å². The second-order valence-corrected chi connectivity index (χ2v) is 10.4. The first-order valence-electron chi connectivity index (χ1n) is 12.9. The number of alkyl halides is 2. The number of allylic oxidation sites excluding steroid dienone is 1. The second kappa shape index (κ2) is 11.3. The van der Waals surface area contributed by atoms with Crippen molar-refractivity contribution in [1.29, 1.82) is 0 Å². The van der Waals surface area contributed by atoms with Crippen molar-refractivity contribution < 1.29 is 23.1 Å². The molecule has 1 N–H and O–H groups in total. The number of hydrogen-bond acceptors (Lipinski definition) is 2. The number of nitrogens with zero attached hydrogens (tertiary/aromatic N) is 1. The number of likely N-dealkylation sites (tertiary alicyclic amines) is 1. The molecule has 1 fully saturated rings. The molecule has 1 unspecified atom stereocenters. The Kier molecular flexibility index (Phi) is 7.91. The predicted molar refractivity (Wildman–Crippen MR) is 144 cm³/mol. The molecule has 198 valence electrons. The third-order valence-corrected chi connectivity index (χ3v) is 7.98. The topological polar surface area (TPSA) is 40.5 Å². The molecule has 0 radical (unpaired) electrons. The van der Waals surface area contributed by atoms with Gasteiger partial charge in [0.05, 0.1) is 17.3 Å². The molecule has 0 saturated carbocycles.